The van der Waals surface area contributed by atoms with Crippen LogP contribution < -0.4 is 0 Å². The fourth-order valence-electron chi connectivity index (χ4n) is 3.36. The molecule has 0 radical (unpaired) electrons. The molecule has 2 nitrogen and oxygen atoms in total. The Morgan fingerprint density at radius 1 is 0.704 bits per heavy atom. The molecule has 0 amide bonds. The monoisotopic (exact) mass is 352 g/mol. The minimum absolute atomic E-state index is 0.671. The highest BCUT2D eigenvalue weighted by Gasteiger charge is 2.07. The largest absolute Gasteiger partial charge is 0.338 e. The number of hydrogen-bond donors (Lipinski definition) is 1. The van der Waals surface area contributed by atoms with Gasteiger partial charge in [0.1, 0.15) is 5.82 Å². The van der Waals surface area contributed by atoms with E-state index in [1.54, 1.807) is 0 Å². The van der Waals surface area contributed by atoms with Gasteiger partial charge in [0, 0.05) is 5.56 Å². The molecule has 27 heavy (non-hydrogen) atoms. The first-order chi connectivity index (χ1) is 13.2. The van der Waals surface area contributed by atoms with E-state index in [4.69, 9.17) is 0 Å². The number of H-pyrrole nitrogens is 1. The van der Waals surface area contributed by atoms with Crippen molar-refractivity contribution >= 4 is 0 Å². The summed E-state index contributed by atoms with van der Waals surface area (Å²) in [5.74, 6) is 1.58. The van der Waals surface area contributed by atoms with Crippen LogP contribution in [0.15, 0.2) is 85.1 Å². The molecule has 0 saturated carbocycles. The number of rotatable bonds is 5. The van der Waals surface area contributed by atoms with E-state index >= 15 is 0 Å². The summed E-state index contributed by atoms with van der Waals surface area (Å²) in [7, 11) is 0. The molecule has 0 aliphatic heterocycles. The molecule has 4 aromatic rings. The van der Waals surface area contributed by atoms with Crippen molar-refractivity contribution in [1.29, 1.82) is 0 Å². The smallest absolute Gasteiger partial charge is 0.137 e. The number of nitrogens with zero attached hydrogens (tertiary/aromatic N) is 1. The predicted molar refractivity (Wildman–Crippen MR) is 113 cm³/mol. The lowest BCUT2D eigenvalue weighted by atomic mass is 10.0. The fraction of sp³-hybridized carbons (Fsp3) is 0.160. The molecule has 3 aromatic carbocycles. The van der Waals surface area contributed by atoms with E-state index in [2.05, 4.69) is 96.6 Å². The number of aromatic amines is 1. The van der Waals surface area contributed by atoms with E-state index in [0.29, 0.717) is 5.92 Å². The predicted octanol–water partition coefficient (Wildman–Crippen LogP) is 6.61. The molecular weight excluding hydrogens is 328 g/mol. The average Bonchev–Trinajstić information content (AvgIpc) is 3.19. The van der Waals surface area contributed by atoms with Gasteiger partial charge in [-0.3, -0.25) is 0 Å². The van der Waals surface area contributed by atoms with Gasteiger partial charge in [-0.1, -0.05) is 92.7 Å². The zero-order valence-corrected chi connectivity index (χ0v) is 15.8. The zero-order chi connectivity index (χ0) is 18.6. The van der Waals surface area contributed by atoms with Crippen molar-refractivity contribution in [2.75, 3.05) is 0 Å². The van der Waals surface area contributed by atoms with Crippen molar-refractivity contribution in [2.45, 2.75) is 20.3 Å². The molecule has 0 fully saturated rings. The summed E-state index contributed by atoms with van der Waals surface area (Å²) >= 11 is 0. The third-order valence-corrected chi connectivity index (χ3v) is 4.75. The Morgan fingerprint density at radius 2 is 1.30 bits per heavy atom. The van der Waals surface area contributed by atoms with Crippen molar-refractivity contribution in [3.8, 4) is 33.8 Å². The Morgan fingerprint density at radius 3 is 1.96 bits per heavy atom. The van der Waals surface area contributed by atoms with Gasteiger partial charge in [0.05, 0.1) is 11.9 Å². The summed E-state index contributed by atoms with van der Waals surface area (Å²) in [5.41, 5.74) is 7.13. The van der Waals surface area contributed by atoms with E-state index in [-0.39, 0.29) is 0 Å². The maximum Gasteiger partial charge on any atom is 0.137 e. The number of imidazole rings is 1. The second kappa shape index (κ2) is 7.63. The van der Waals surface area contributed by atoms with Crippen molar-refractivity contribution < 1.29 is 0 Å². The van der Waals surface area contributed by atoms with E-state index in [0.717, 1.165) is 29.1 Å². The molecule has 1 aromatic heterocycles. The standard InChI is InChI=1S/C25H24N2/c1-18(2)16-19-8-10-23(11-9-19)25-26-17-24(27-25)22-14-12-21(13-15-22)20-6-4-3-5-7-20/h3-15,17-18H,16H2,1-2H3,(H,26,27). The van der Waals surface area contributed by atoms with Gasteiger partial charge >= 0.3 is 0 Å². The molecule has 0 saturated heterocycles. The molecule has 0 spiro atoms. The van der Waals surface area contributed by atoms with Crippen LogP contribution in [0.4, 0.5) is 0 Å². The quantitative estimate of drug-likeness (QED) is 0.430. The molecule has 0 bridgehead atoms. The van der Waals surface area contributed by atoms with Crippen LogP contribution in [0.1, 0.15) is 19.4 Å². The van der Waals surface area contributed by atoms with Crippen LogP contribution in [-0.4, -0.2) is 9.97 Å². The third-order valence-electron chi connectivity index (χ3n) is 4.75. The van der Waals surface area contributed by atoms with Gasteiger partial charge in [-0.15, -0.1) is 0 Å². The van der Waals surface area contributed by atoms with E-state index in [1.165, 1.54) is 16.7 Å². The van der Waals surface area contributed by atoms with Crippen LogP contribution in [0.3, 0.4) is 0 Å². The summed E-state index contributed by atoms with van der Waals surface area (Å²) in [4.78, 5) is 8.03. The van der Waals surface area contributed by atoms with Crippen LogP contribution in [0.5, 0.6) is 0 Å². The maximum absolute atomic E-state index is 4.58. The normalized spacial score (nSPS) is 11.1. The summed E-state index contributed by atoms with van der Waals surface area (Å²) in [5, 5.41) is 0. The molecule has 0 aliphatic rings. The molecular formula is C25H24N2. The van der Waals surface area contributed by atoms with Crippen molar-refractivity contribution in [2.24, 2.45) is 5.92 Å². The lowest BCUT2D eigenvalue weighted by molar-refractivity contribution is 0.647. The Bertz CT molecular complexity index is 994. The summed E-state index contributed by atoms with van der Waals surface area (Å²) in [6, 6.07) is 27.7. The van der Waals surface area contributed by atoms with E-state index in [1.807, 2.05) is 12.3 Å². The Labute approximate surface area is 160 Å². The highest BCUT2D eigenvalue weighted by atomic mass is 14.9. The fourth-order valence-corrected chi connectivity index (χ4v) is 3.36. The van der Waals surface area contributed by atoms with Gasteiger partial charge in [-0.2, -0.15) is 0 Å². The average molecular weight is 352 g/mol. The van der Waals surface area contributed by atoms with Crippen LogP contribution in [0.2, 0.25) is 0 Å². The van der Waals surface area contributed by atoms with Crippen LogP contribution in [0, 0.1) is 5.92 Å². The van der Waals surface area contributed by atoms with Gasteiger partial charge in [0.15, 0.2) is 0 Å². The lowest BCUT2D eigenvalue weighted by Crippen LogP contribution is -1.93. The SMILES string of the molecule is CC(C)Cc1ccc(-c2ncc(-c3ccc(-c4ccccc4)cc3)[nH]2)cc1. The van der Waals surface area contributed by atoms with Crippen molar-refractivity contribution in [3.05, 3.63) is 90.6 Å². The Kier molecular flexibility index (Phi) is 4.88. The minimum atomic E-state index is 0.671. The van der Waals surface area contributed by atoms with Gasteiger partial charge in [-0.05, 0) is 34.6 Å². The number of benzene rings is 3. The van der Waals surface area contributed by atoms with Gasteiger partial charge in [-0.25, -0.2) is 4.98 Å². The Hall–Kier alpha value is -3.13. The molecule has 0 atom stereocenters. The van der Waals surface area contributed by atoms with Crippen molar-refractivity contribution in [3.63, 3.8) is 0 Å². The molecule has 1 heterocycles. The molecule has 0 unspecified atom stereocenters. The molecule has 1 N–H and O–H groups in total. The van der Waals surface area contributed by atoms with Crippen molar-refractivity contribution in [1.82, 2.24) is 9.97 Å². The second-order valence-electron chi connectivity index (χ2n) is 7.38. The first-order valence-corrected chi connectivity index (χ1v) is 9.49. The number of aromatic nitrogens is 2. The van der Waals surface area contributed by atoms with Crippen LogP contribution >= 0.6 is 0 Å². The topological polar surface area (TPSA) is 28.7 Å². The highest BCUT2D eigenvalue weighted by Crippen LogP contribution is 2.26. The summed E-state index contributed by atoms with van der Waals surface area (Å²) in [6.45, 7) is 4.49. The van der Waals surface area contributed by atoms with Crippen LogP contribution in [-0.2, 0) is 6.42 Å². The molecule has 2 heteroatoms. The summed E-state index contributed by atoms with van der Waals surface area (Å²) in [6.07, 6.45) is 3.02. The first kappa shape index (κ1) is 17.3. The zero-order valence-electron chi connectivity index (χ0n) is 15.8. The van der Waals surface area contributed by atoms with Gasteiger partial charge in [0.2, 0.25) is 0 Å². The van der Waals surface area contributed by atoms with E-state index < -0.39 is 0 Å². The highest BCUT2D eigenvalue weighted by molar-refractivity contribution is 5.70. The van der Waals surface area contributed by atoms with Gasteiger partial charge < -0.3 is 4.98 Å². The molecule has 0 aliphatic carbocycles. The summed E-state index contributed by atoms with van der Waals surface area (Å²) < 4.78 is 0. The molecule has 134 valence electrons. The number of hydrogen-bond acceptors (Lipinski definition) is 1. The number of nitrogens with one attached hydrogen (secondary N) is 1. The van der Waals surface area contributed by atoms with Gasteiger partial charge in [0.25, 0.3) is 0 Å². The molecule has 4 rings (SSSR count). The Balaban J connectivity index is 1.54. The van der Waals surface area contributed by atoms with Crippen LogP contribution in [0.25, 0.3) is 33.8 Å². The first-order valence-electron chi connectivity index (χ1n) is 9.49. The second-order valence-corrected chi connectivity index (χ2v) is 7.38. The van der Waals surface area contributed by atoms with E-state index in [9.17, 15) is 0 Å². The lowest BCUT2D eigenvalue weighted by Gasteiger charge is -2.05. The third kappa shape index (κ3) is 4.01. The minimum Gasteiger partial charge on any atom is -0.338 e. The maximum atomic E-state index is 4.58.